The second kappa shape index (κ2) is 5.87. The fourth-order valence-corrected chi connectivity index (χ4v) is 2.32. The van der Waals surface area contributed by atoms with E-state index >= 15 is 0 Å². The molecule has 2 rings (SSSR count). The minimum atomic E-state index is 0.354. The number of hydrogen-bond donors (Lipinski definition) is 1. The maximum absolute atomic E-state index is 5.97. The third-order valence-corrected chi connectivity index (χ3v) is 3.72. The van der Waals surface area contributed by atoms with Crippen molar-refractivity contribution in [2.75, 3.05) is 18.0 Å². The monoisotopic (exact) mass is 262 g/mol. The van der Waals surface area contributed by atoms with Gasteiger partial charge < -0.3 is 10.6 Å². The van der Waals surface area contributed by atoms with E-state index in [0.29, 0.717) is 17.9 Å². The van der Waals surface area contributed by atoms with Crippen molar-refractivity contribution in [2.45, 2.75) is 58.4 Å². The zero-order valence-corrected chi connectivity index (χ0v) is 12.6. The first kappa shape index (κ1) is 14.3. The molecule has 2 N–H and O–H groups in total. The Morgan fingerprint density at radius 1 is 1.11 bits per heavy atom. The van der Waals surface area contributed by atoms with Crippen LogP contribution in [0, 0.1) is 0 Å². The van der Waals surface area contributed by atoms with Gasteiger partial charge in [0.1, 0.15) is 11.6 Å². The molecule has 1 aromatic heterocycles. The zero-order chi connectivity index (χ0) is 14.0. The molecule has 4 nitrogen and oxygen atoms in total. The number of hydrogen-bond acceptors (Lipinski definition) is 4. The summed E-state index contributed by atoms with van der Waals surface area (Å²) in [6.07, 6.45) is 2.11. The predicted octanol–water partition coefficient (Wildman–Crippen LogP) is 2.65. The lowest BCUT2D eigenvalue weighted by atomic mass is 10.1. The maximum atomic E-state index is 5.97. The number of aromatic nitrogens is 2. The summed E-state index contributed by atoms with van der Waals surface area (Å²) in [4.78, 5) is 11.8. The molecule has 0 unspecified atom stereocenters. The van der Waals surface area contributed by atoms with E-state index in [4.69, 9.17) is 10.7 Å². The van der Waals surface area contributed by atoms with Gasteiger partial charge in [-0.2, -0.15) is 0 Å². The molecule has 0 amide bonds. The Morgan fingerprint density at radius 2 is 1.74 bits per heavy atom. The van der Waals surface area contributed by atoms with Gasteiger partial charge in [0.2, 0.25) is 0 Å². The Hall–Kier alpha value is -1.16. The molecule has 0 bridgehead atoms. The highest BCUT2D eigenvalue weighted by molar-refractivity contribution is 5.41. The van der Waals surface area contributed by atoms with Crippen LogP contribution in [-0.4, -0.2) is 29.1 Å². The van der Waals surface area contributed by atoms with Crippen LogP contribution in [0.4, 0.5) is 5.82 Å². The van der Waals surface area contributed by atoms with E-state index in [-0.39, 0.29) is 0 Å². The predicted molar refractivity (Wildman–Crippen MR) is 79.6 cm³/mol. The van der Waals surface area contributed by atoms with Crippen molar-refractivity contribution < 1.29 is 0 Å². The van der Waals surface area contributed by atoms with Crippen molar-refractivity contribution in [1.29, 1.82) is 0 Å². The van der Waals surface area contributed by atoms with Gasteiger partial charge in [-0.15, -0.1) is 0 Å². The third kappa shape index (κ3) is 3.44. The molecule has 1 fully saturated rings. The Kier molecular flexibility index (Phi) is 4.40. The molecule has 4 heteroatoms. The van der Waals surface area contributed by atoms with E-state index in [1.165, 1.54) is 0 Å². The molecule has 1 aliphatic rings. The van der Waals surface area contributed by atoms with Crippen LogP contribution in [-0.2, 0) is 0 Å². The smallest absolute Gasteiger partial charge is 0.133 e. The summed E-state index contributed by atoms with van der Waals surface area (Å²) < 4.78 is 0. The number of rotatable bonds is 3. The number of piperidine rings is 1. The normalized spacial score (nSPS) is 17.5. The Labute approximate surface area is 116 Å². The quantitative estimate of drug-likeness (QED) is 0.910. The fourth-order valence-electron chi connectivity index (χ4n) is 2.32. The lowest BCUT2D eigenvalue weighted by Crippen LogP contribution is -2.40. The van der Waals surface area contributed by atoms with Gasteiger partial charge in [0.05, 0.1) is 0 Å². The van der Waals surface area contributed by atoms with Crippen LogP contribution in [0.25, 0.3) is 0 Å². The van der Waals surface area contributed by atoms with Crippen LogP contribution in [0.1, 0.15) is 63.9 Å². The largest absolute Gasteiger partial charge is 0.356 e. The molecule has 1 saturated heterocycles. The molecule has 0 aromatic carbocycles. The topological polar surface area (TPSA) is 55.0 Å². The van der Waals surface area contributed by atoms with Crippen LogP contribution in [0.15, 0.2) is 6.07 Å². The lowest BCUT2D eigenvalue weighted by Gasteiger charge is -2.31. The second-order valence-electron chi connectivity index (χ2n) is 6.14. The van der Waals surface area contributed by atoms with Crippen LogP contribution in [0.2, 0.25) is 0 Å². The molecular weight excluding hydrogens is 236 g/mol. The number of anilines is 1. The summed E-state index contributed by atoms with van der Waals surface area (Å²) in [7, 11) is 0. The average Bonchev–Trinajstić information content (AvgIpc) is 2.39. The van der Waals surface area contributed by atoms with E-state index in [9.17, 15) is 0 Å². The first-order chi connectivity index (χ1) is 8.97. The summed E-state index contributed by atoms with van der Waals surface area (Å²) in [6.45, 7) is 10.7. The highest BCUT2D eigenvalue weighted by Crippen LogP contribution is 2.23. The highest BCUT2D eigenvalue weighted by atomic mass is 15.2. The molecule has 1 aliphatic heterocycles. The lowest BCUT2D eigenvalue weighted by molar-refractivity contribution is 0.497. The molecule has 0 aliphatic carbocycles. The zero-order valence-electron chi connectivity index (χ0n) is 12.6. The van der Waals surface area contributed by atoms with Crippen LogP contribution in [0.5, 0.6) is 0 Å². The summed E-state index contributed by atoms with van der Waals surface area (Å²) >= 11 is 0. The summed E-state index contributed by atoms with van der Waals surface area (Å²) in [5, 5.41) is 0. The second-order valence-corrected chi connectivity index (χ2v) is 6.14. The molecular formula is C15H26N4. The van der Waals surface area contributed by atoms with Crippen molar-refractivity contribution >= 4 is 5.82 Å². The van der Waals surface area contributed by atoms with E-state index in [1.54, 1.807) is 0 Å². The van der Waals surface area contributed by atoms with Gasteiger partial charge in [0, 0.05) is 36.8 Å². The maximum Gasteiger partial charge on any atom is 0.133 e. The first-order valence-corrected chi connectivity index (χ1v) is 7.36. The van der Waals surface area contributed by atoms with Gasteiger partial charge in [-0.1, -0.05) is 27.7 Å². The third-order valence-electron chi connectivity index (χ3n) is 3.72. The molecule has 19 heavy (non-hydrogen) atoms. The van der Waals surface area contributed by atoms with Crippen LogP contribution < -0.4 is 10.6 Å². The molecule has 2 heterocycles. The van der Waals surface area contributed by atoms with Gasteiger partial charge in [-0.05, 0) is 18.8 Å². The first-order valence-electron chi connectivity index (χ1n) is 7.36. The Balaban J connectivity index is 2.28. The van der Waals surface area contributed by atoms with Gasteiger partial charge in [0.15, 0.2) is 0 Å². The van der Waals surface area contributed by atoms with Gasteiger partial charge >= 0.3 is 0 Å². The highest BCUT2D eigenvalue weighted by Gasteiger charge is 2.19. The summed E-state index contributed by atoms with van der Waals surface area (Å²) in [5.74, 6) is 2.83. The van der Waals surface area contributed by atoms with E-state index in [2.05, 4.69) is 43.6 Å². The standard InChI is InChI=1S/C15H26N4/c1-10(2)13-9-14(18-15(17-13)11(3)4)19-7-5-12(16)6-8-19/h9-12H,5-8,16H2,1-4H3. The van der Waals surface area contributed by atoms with Crippen LogP contribution >= 0.6 is 0 Å². The molecule has 1 aromatic rings. The van der Waals surface area contributed by atoms with Crippen molar-refractivity contribution in [2.24, 2.45) is 5.73 Å². The van der Waals surface area contributed by atoms with Crippen molar-refractivity contribution in [1.82, 2.24) is 9.97 Å². The average molecular weight is 262 g/mol. The number of nitrogens with two attached hydrogens (primary N) is 1. The summed E-state index contributed by atoms with van der Waals surface area (Å²) in [6, 6.07) is 2.50. The van der Waals surface area contributed by atoms with Gasteiger partial charge in [-0.25, -0.2) is 9.97 Å². The van der Waals surface area contributed by atoms with E-state index in [0.717, 1.165) is 43.3 Å². The summed E-state index contributed by atoms with van der Waals surface area (Å²) in [5.41, 5.74) is 7.11. The molecule has 0 saturated carbocycles. The SMILES string of the molecule is CC(C)c1cc(N2CCC(N)CC2)nc(C(C)C)n1. The molecule has 0 radical (unpaired) electrons. The molecule has 106 valence electrons. The van der Waals surface area contributed by atoms with Crippen LogP contribution in [0.3, 0.4) is 0 Å². The fraction of sp³-hybridized carbons (Fsp3) is 0.733. The molecule has 0 atom stereocenters. The van der Waals surface area contributed by atoms with E-state index < -0.39 is 0 Å². The minimum Gasteiger partial charge on any atom is -0.356 e. The van der Waals surface area contributed by atoms with Crippen molar-refractivity contribution in [3.8, 4) is 0 Å². The molecule has 0 spiro atoms. The minimum absolute atomic E-state index is 0.354. The van der Waals surface area contributed by atoms with Crippen molar-refractivity contribution in [3.63, 3.8) is 0 Å². The van der Waals surface area contributed by atoms with Crippen molar-refractivity contribution in [3.05, 3.63) is 17.6 Å². The van der Waals surface area contributed by atoms with E-state index in [1.807, 2.05) is 0 Å². The Morgan fingerprint density at radius 3 is 2.26 bits per heavy atom. The Bertz CT molecular complexity index is 394. The van der Waals surface area contributed by atoms with Gasteiger partial charge in [-0.3, -0.25) is 0 Å². The van der Waals surface area contributed by atoms with Gasteiger partial charge in [0.25, 0.3) is 0 Å². The number of nitrogens with zero attached hydrogens (tertiary/aromatic N) is 3.